The molecule has 3 rings (SSSR count). The molecule has 0 aromatic rings. The second-order valence-electron chi connectivity index (χ2n) is 7.88. The van der Waals surface area contributed by atoms with Crippen molar-refractivity contribution in [2.24, 2.45) is 11.8 Å². The maximum Gasteiger partial charge on any atom is 0.305 e. The van der Waals surface area contributed by atoms with Gasteiger partial charge in [0.05, 0.1) is 6.42 Å². The molecule has 0 heterocycles. The highest BCUT2D eigenvalue weighted by molar-refractivity contribution is 5.68. The Kier molecular flexibility index (Phi) is 4.58. The Morgan fingerprint density at radius 3 is 2.38 bits per heavy atom. The molecule has 0 aromatic heterocycles. The molecule has 2 unspecified atom stereocenters. The Labute approximate surface area is 129 Å². The maximum absolute atomic E-state index is 11.4. The van der Waals surface area contributed by atoms with Gasteiger partial charge >= 0.3 is 5.97 Å². The summed E-state index contributed by atoms with van der Waals surface area (Å²) in [4.78, 5) is 13.9. The Morgan fingerprint density at radius 1 is 1.05 bits per heavy atom. The van der Waals surface area contributed by atoms with E-state index in [1.165, 1.54) is 57.8 Å². The second-order valence-corrected chi connectivity index (χ2v) is 7.88. The van der Waals surface area contributed by atoms with Gasteiger partial charge in [-0.15, -0.1) is 0 Å². The van der Waals surface area contributed by atoms with Crippen molar-refractivity contribution in [2.75, 3.05) is 7.05 Å². The smallest absolute Gasteiger partial charge is 0.305 e. The zero-order valence-electron chi connectivity index (χ0n) is 13.5. The van der Waals surface area contributed by atoms with Crippen LogP contribution in [0, 0.1) is 11.8 Å². The minimum atomic E-state index is -0.613. The quantitative estimate of drug-likeness (QED) is 0.831. The fourth-order valence-electron chi connectivity index (χ4n) is 5.08. The van der Waals surface area contributed by atoms with Crippen molar-refractivity contribution in [3.05, 3.63) is 0 Å². The largest absolute Gasteiger partial charge is 0.481 e. The maximum atomic E-state index is 11.4. The molecule has 120 valence electrons. The van der Waals surface area contributed by atoms with E-state index in [0.717, 1.165) is 24.7 Å². The molecule has 0 aromatic carbocycles. The van der Waals surface area contributed by atoms with Crippen molar-refractivity contribution in [2.45, 2.75) is 88.6 Å². The van der Waals surface area contributed by atoms with E-state index >= 15 is 0 Å². The van der Waals surface area contributed by atoms with E-state index in [-0.39, 0.29) is 5.54 Å². The summed E-state index contributed by atoms with van der Waals surface area (Å²) in [6.45, 7) is 0. The molecule has 3 saturated carbocycles. The summed E-state index contributed by atoms with van der Waals surface area (Å²) < 4.78 is 0. The van der Waals surface area contributed by atoms with Gasteiger partial charge in [-0.25, -0.2) is 0 Å². The normalized spacial score (nSPS) is 33.0. The molecule has 2 atom stereocenters. The first kappa shape index (κ1) is 15.3. The van der Waals surface area contributed by atoms with Gasteiger partial charge in [0, 0.05) is 11.6 Å². The van der Waals surface area contributed by atoms with Gasteiger partial charge < -0.3 is 5.11 Å². The second kappa shape index (κ2) is 6.28. The van der Waals surface area contributed by atoms with Gasteiger partial charge in [-0.2, -0.15) is 0 Å². The molecule has 0 amide bonds. The first-order valence-corrected chi connectivity index (χ1v) is 9.05. The third-order valence-corrected chi connectivity index (χ3v) is 6.54. The summed E-state index contributed by atoms with van der Waals surface area (Å²) >= 11 is 0. The molecule has 3 heteroatoms. The van der Waals surface area contributed by atoms with E-state index in [4.69, 9.17) is 0 Å². The minimum Gasteiger partial charge on any atom is -0.481 e. The van der Waals surface area contributed by atoms with Gasteiger partial charge in [-0.1, -0.05) is 32.1 Å². The Bertz CT molecular complexity index is 371. The lowest BCUT2D eigenvalue weighted by molar-refractivity contribution is -0.142. The fourth-order valence-corrected chi connectivity index (χ4v) is 5.08. The molecule has 0 spiro atoms. The molecule has 0 radical (unpaired) electrons. The highest BCUT2D eigenvalue weighted by Crippen LogP contribution is 2.46. The SMILES string of the molecule is CN(C1CCCC(C2CC2)C1)C1(CC(=O)O)CCCCC1. The van der Waals surface area contributed by atoms with E-state index in [1.54, 1.807) is 0 Å². The zero-order valence-corrected chi connectivity index (χ0v) is 13.5. The van der Waals surface area contributed by atoms with Crippen molar-refractivity contribution < 1.29 is 9.90 Å². The zero-order chi connectivity index (χ0) is 14.9. The van der Waals surface area contributed by atoms with Crippen molar-refractivity contribution >= 4 is 5.97 Å². The van der Waals surface area contributed by atoms with Crippen LogP contribution in [0.4, 0.5) is 0 Å². The van der Waals surface area contributed by atoms with Crippen LogP contribution in [0.2, 0.25) is 0 Å². The predicted molar refractivity (Wildman–Crippen MR) is 84.3 cm³/mol. The van der Waals surface area contributed by atoms with E-state index in [0.29, 0.717) is 12.5 Å². The topological polar surface area (TPSA) is 40.5 Å². The average molecular weight is 293 g/mol. The number of carboxylic acid groups (broad SMARTS) is 1. The van der Waals surface area contributed by atoms with Crippen LogP contribution in [0.5, 0.6) is 0 Å². The number of aliphatic carboxylic acids is 1. The third-order valence-electron chi connectivity index (χ3n) is 6.54. The Morgan fingerprint density at radius 2 is 1.76 bits per heavy atom. The standard InChI is InChI=1S/C18H31NO2/c1-19(16-7-5-6-15(12-16)14-8-9-14)18(13-17(20)21)10-3-2-4-11-18/h14-16H,2-13H2,1H3,(H,20,21). The first-order chi connectivity index (χ1) is 10.1. The highest BCUT2D eigenvalue weighted by Gasteiger charge is 2.43. The van der Waals surface area contributed by atoms with Gasteiger partial charge in [0.1, 0.15) is 0 Å². The number of hydrogen-bond donors (Lipinski definition) is 1. The minimum absolute atomic E-state index is 0.0554. The van der Waals surface area contributed by atoms with Gasteiger partial charge in [0.25, 0.3) is 0 Å². The van der Waals surface area contributed by atoms with Crippen LogP contribution in [-0.2, 0) is 4.79 Å². The predicted octanol–water partition coefficient (Wildman–Crippen LogP) is 4.06. The summed E-state index contributed by atoms with van der Waals surface area (Å²) in [5.41, 5.74) is -0.0554. The molecule has 3 aliphatic carbocycles. The molecular formula is C18H31NO2. The summed E-state index contributed by atoms with van der Waals surface area (Å²) in [6.07, 6.45) is 14.5. The molecule has 0 aliphatic heterocycles. The molecule has 1 N–H and O–H groups in total. The van der Waals surface area contributed by atoms with Crippen LogP contribution in [0.15, 0.2) is 0 Å². The van der Waals surface area contributed by atoms with Crippen LogP contribution in [0.1, 0.15) is 77.0 Å². The van der Waals surface area contributed by atoms with Gasteiger partial charge in [0.15, 0.2) is 0 Å². The molecule has 3 fully saturated rings. The van der Waals surface area contributed by atoms with Gasteiger partial charge in [0.2, 0.25) is 0 Å². The van der Waals surface area contributed by atoms with Crippen LogP contribution in [0.3, 0.4) is 0 Å². The summed E-state index contributed by atoms with van der Waals surface area (Å²) in [6, 6.07) is 0.627. The third kappa shape index (κ3) is 3.44. The molecule has 3 aliphatic rings. The highest BCUT2D eigenvalue weighted by atomic mass is 16.4. The van der Waals surface area contributed by atoms with Crippen LogP contribution in [0.25, 0.3) is 0 Å². The van der Waals surface area contributed by atoms with E-state index in [2.05, 4.69) is 11.9 Å². The van der Waals surface area contributed by atoms with Crippen LogP contribution in [-0.4, -0.2) is 34.6 Å². The number of carboxylic acids is 1. The molecule has 0 saturated heterocycles. The average Bonchev–Trinajstić information content (AvgIpc) is 3.31. The van der Waals surface area contributed by atoms with E-state index < -0.39 is 5.97 Å². The van der Waals surface area contributed by atoms with Crippen molar-refractivity contribution in [3.63, 3.8) is 0 Å². The summed E-state index contributed by atoms with van der Waals surface area (Å²) in [5, 5.41) is 9.40. The molecule has 3 nitrogen and oxygen atoms in total. The Balaban J connectivity index is 1.69. The lowest BCUT2D eigenvalue weighted by atomic mass is 9.74. The van der Waals surface area contributed by atoms with Crippen LogP contribution < -0.4 is 0 Å². The fraction of sp³-hybridized carbons (Fsp3) is 0.944. The summed E-state index contributed by atoms with van der Waals surface area (Å²) in [5.74, 6) is 1.32. The van der Waals surface area contributed by atoms with Gasteiger partial charge in [-0.05, 0) is 57.4 Å². The lowest BCUT2D eigenvalue weighted by Gasteiger charge is -2.49. The molecular weight excluding hydrogens is 262 g/mol. The monoisotopic (exact) mass is 293 g/mol. The van der Waals surface area contributed by atoms with Gasteiger partial charge in [-0.3, -0.25) is 9.69 Å². The number of carbonyl (C=O) groups is 1. The molecule has 0 bridgehead atoms. The number of hydrogen-bond acceptors (Lipinski definition) is 2. The number of rotatable bonds is 5. The summed E-state index contributed by atoms with van der Waals surface area (Å²) in [7, 11) is 2.23. The van der Waals surface area contributed by atoms with Crippen LogP contribution >= 0.6 is 0 Å². The lowest BCUT2D eigenvalue weighted by Crippen LogP contribution is -2.54. The Hall–Kier alpha value is -0.570. The number of nitrogens with zero attached hydrogens (tertiary/aromatic N) is 1. The van der Waals surface area contributed by atoms with Crippen molar-refractivity contribution in [3.8, 4) is 0 Å². The van der Waals surface area contributed by atoms with Crippen molar-refractivity contribution in [1.82, 2.24) is 4.90 Å². The first-order valence-electron chi connectivity index (χ1n) is 9.05. The van der Waals surface area contributed by atoms with E-state index in [9.17, 15) is 9.90 Å². The molecule has 21 heavy (non-hydrogen) atoms. The van der Waals surface area contributed by atoms with E-state index in [1.807, 2.05) is 0 Å². The van der Waals surface area contributed by atoms with Crippen molar-refractivity contribution in [1.29, 1.82) is 0 Å².